The fourth-order valence-corrected chi connectivity index (χ4v) is 6.80. The summed E-state index contributed by atoms with van der Waals surface area (Å²) in [6, 6.07) is 8.45. The Kier molecular flexibility index (Phi) is 5.53. The highest BCUT2D eigenvalue weighted by atomic mass is 32.1. The molecule has 6 nitrogen and oxygen atoms in total. The van der Waals surface area contributed by atoms with Gasteiger partial charge >= 0.3 is 0 Å². The van der Waals surface area contributed by atoms with Crippen molar-refractivity contribution in [1.29, 1.82) is 0 Å². The van der Waals surface area contributed by atoms with Crippen molar-refractivity contribution < 1.29 is 9.59 Å². The summed E-state index contributed by atoms with van der Waals surface area (Å²) in [6.45, 7) is 11.9. The number of imide groups is 1. The van der Waals surface area contributed by atoms with Gasteiger partial charge in [-0.2, -0.15) is 4.37 Å². The fraction of sp³-hybridized carbons (Fsp3) is 0.640. The zero-order valence-corrected chi connectivity index (χ0v) is 20.3. The molecule has 2 saturated heterocycles. The molecule has 3 heterocycles. The second-order valence-corrected chi connectivity index (χ2v) is 11.3. The number of nitrogens with zero attached hydrogens (tertiary/aromatic N) is 4. The van der Waals surface area contributed by atoms with Gasteiger partial charge in [0.2, 0.25) is 11.8 Å². The summed E-state index contributed by atoms with van der Waals surface area (Å²) in [7, 11) is 0. The number of piperazine rings is 1. The van der Waals surface area contributed by atoms with E-state index in [1.807, 2.05) is 0 Å². The van der Waals surface area contributed by atoms with Crippen LogP contribution in [0.25, 0.3) is 10.1 Å². The summed E-state index contributed by atoms with van der Waals surface area (Å²) in [5, 5.41) is 1.26. The van der Waals surface area contributed by atoms with Gasteiger partial charge in [-0.1, -0.05) is 32.9 Å². The lowest BCUT2D eigenvalue weighted by atomic mass is 9.62. The number of hydrogen-bond donors (Lipinski definition) is 0. The summed E-state index contributed by atoms with van der Waals surface area (Å²) in [4.78, 5) is 32.6. The molecule has 3 fully saturated rings. The van der Waals surface area contributed by atoms with Crippen molar-refractivity contribution in [2.45, 2.75) is 46.5 Å². The molecule has 0 N–H and O–H groups in total. The zero-order chi connectivity index (χ0) is 22.5. The standard InChI is InChI=1S/C25H34N4O2S/c1-24(2)19-10-11-25(24,3)23(31)29(22(19)30)13-7-6-12-27-14-16-28(17-15-27)21-18-8-4-5-9-20(18)32-26-21/h4-5,8-9,19H,6-7,10-17H2,1-3H3. The van der Waals surface area contributed by atoms with Gasteiger partial charge in [-0.3, -0.25) is 19.4 Å². The minimum absolute atomic E-state index is 0.0000674. The Bertz CT molecular complexity index is 1030. The van der Waals surface area contributed by atoms with Crippen LogP contribution in [0.4, 0.5) is 5.82 Å². The van der Waals surface area contributed by atoms with E-state index in [2.05, 4.69) is 54.8 Å². The highest BCUT2D eigenvalue weighted by Crippen LogP contribution is 2.60. The molecule has 2 aromatic rings. The molecule has 1 aromatic heterocycles. The van der Waals surface area contributed by atoms with E-state index in [0.717, 1.165) is 64.2 Å². The van der Waals surface area contributed by atoms with Crippen molar-refractivity contribution >= 4 is 39.3 Å². The number of fused-ring (bicyclic) bond motifs is 3. The van der Waals surface area contributed by atoms with Crippen LogP contribution in [0, 0.1) is 16.7 Å². The molecule has 3 aliphatic rings. The Hall–Kier alpha value is -1.99. The van der Waals surface area contributed by atoms with Crippen molar-refractivity contribution in [3.63, 3.8) is 0 Å². The number of benzene rings is 1. The number of carbonyl (C=O) groups excluding carboxylic acids is 2. The SMILES string of the molecule is CC12CCC(C(=O)N(CCCCN3CCN(c4nsc5ccccc45)CC3)C1=O)C2(C)C. The number of piperidine rings is 1. The van der Waals surface area contributed by atoms with Crippen molar-refractivity contribution in [3.8, 4) is 0 Å². The van der Waals surface area contributed by atoms with Crippen molar-refractivity contribution in [1.82, 2.24) is 14.2 Å². The molecule has 2 amide bonds. The van der Waals surface area contributed by atoms with Gasteiger partial charge in [0.25, 0.3) is 0 Å². The van der Waals surface area contributed by atoms with Crippen LogP contribution in [0.5, 0.6) is 0 Å². The lowest BCUT2D eigenvalue weighted by Crippen LogP contribution is -2.59. The summed E-state index contributed by atoms with van der Waals surface area (Å²) < 4.78 is 5.95. The van der Waals surface area contributed by atoms with Crippen LogP contribution in [-0.2, 0) is 9.59 Å². The number of rotatable bonds is 6. The largest absolute Gasteiger partial charge is 0.353 e. The van der Waals surface area contributed by atoms with Gasteiger partial charge in [0.1, 0.15) is 5.82 Å². The Labute approximate surface area is 194 Å². The number of aromatic nitrogens is 1. The van der Waals surface area contributed by atoms with Crippen LogP contribution in [0.3, 0.4) is 0 Å². The molecule has 172 valence electrons. The van der Waals surface area contributed by atoms with E-state index < -0.39 is 0 Å². The minimum atomic E-state index is -0.387. The number of anilines is 1. The quantitative estimate of drug-likeness (QED) is 0.488. The highest BCUT2D eigenvalue weighted by Gasteiger charge is 2.64. The first-order valence-corrected chi connectivity index (χ1v) is 12.8. The average molecular weight is 455 g/mol. The van der Waals surface area contributed by atoms with Crippen LogP contribution < -0.4 is 4.90 Å². The molecule has 0 spiro atoms. The van der Waals surface area contributed by atoms with E-state index >= 15 is 0 Å². The second kappa shape index (κ2) is 8.10. The molecule has 1 aromatic carbocycles. The van der Waals surface area contributed by atoms with E-state index in [1.165, 1.54) is 10.1 Å². The fourth-order valence-electron chi connectivity index (χ4n) is 6.00. The molecule has 1 aliphatic carbocycles. The van der Waals surface area contributed by atoms with Crippen molar-refractivity contribution in [2.75, 3.05) is 44.2 Å². The number of likely N-dealkylation sites (tertiary alicyclic amines) is 1. The monoisotopic (exact) mass is 454 g/mol. The topological polar surface area (TPSA) is 56.8 Å². The highest BCUT2D eigenvalue weighted by molar-refractivity contribution is 7.13. The molecule has 2 aliphatic heterocycles. The lowest BCUT2D eigenvalue weighted by molar-refractivity contribution is -0.167. The molecular weight excluding hydrogens is 420 g/mol. The van der Waals surface area contributed by atoms with E-state index in [9.17, 15) is 9.59 Å². The lowest BCUT2D eigenvalue weighted by Gasteiger charge is -2.47. The number of carbonyl (C=O) groups is 2. The first-order chi connectivity index (χ1) is 15.3. The van der Waals surface area contributed by atoms with Gasteiger partial charge in [0.15, 0.2) is 0 Å². The van der Waals surface area contributed by atoms with E-state index in [1.54, 1.807) is 16.4 Å². The third kappa shape index (κ3) is 3.36. The maximum absolute atomic E-state index is 13.2. The van der Waals surface area contributed by atoms with Crippen LogP contribution in [0.15, 0.2) is 24.3 Å². The van der Waals surface area contributed by atoms with Gasteiger partial charge in [0, 0.05) is 44.0 Å². The summed E-state index contributed by atoms with van der Waals surface area (Å²) in [5.41, 5.74) is -0.609. The third-order valence-electron chi connectivity index (χ3n) is 8.64. The first-order valence-electron chi connectivity index (χ1n) is 12.0. The van der Waals surface area contributed by atoms with Gasteiger partial charge in [-0.15, -0.1) is 0 Å². The maximum Gasteiger partial charge on any atom is 0.235 e. The molecule has 1 saturated carbocycles. The molecular formula is C25H34N4O2S. The van der Waals surface area contributed by atoms with E-state index in [0.29, 0.717) is 6.54 Å². The molecule has 2 atom stereocenters. The summed E-state index contributed by atoms with van der Waals surface area (Å²) in [6.07, 6.45) is 3.59. The number of amides is 2. The molecule has 32 heavy (non-hydrogen) atoms. The van der Waals surface area contributed by atoms with Crippen molar-refractivity contribution in [2.24, 2.45) is 16.7 Å². The van der Waals surface area contributed by atoms with Crippen LogP contribution in [-0.4, -0.2) is 65.3 Å². The first kappa shape index (κ1) is 21.8. The predicted molar refractivity (Wildman–Crippen MR) is 129 cm³/mol. The maximum atomic E-state index is 13.2. The van der Waals surface area contributed by atoms with Gasteiger partial charge in [-0.25, -0.2) is 0 Å². The van der Waals surface area contributed by atoms with Gasteiger partial charge in [0.05, 0.1) is 10.1 Å². The third-order valence-corrected chi connectivity index (χ3v) is 9.46. The predicted octanol–water partition coefficient (Wildman–Crippen LogP) is 4.01. The zero-order valence-electron chi connectivity index (χ0n) is 19.5. The summed E-state index contributed by atoms with van der Waals surface area (Å²) in [5.74, 6) is 1.25. The van der Waals surface area contributed by atoms with Gasteiger partial charge in [-0.05, 0) is 61.3 Å². The molecule has 2 unspecified atom stereocenters. The molecule has 0 radical (unpaired) electrons. The Morgan fingerprint density at radius 1 is 1.03 bits per heavy atom. The second-order valence-electron chi connectivity index (χ2n) is 10.5. The smallest absolute Gasteiger partial charge is 0.235 e. The van der Waals surface area contributed by atoms with E-state index in [-0.39, 0.29) is 28.6 Å². The Morgan fingerprint density at radius 3 is 2.53 bits per heavy atom. The van der Waals surface area contributed by atoms with E-state index in [4.69, 9.17) is 4.37 Å². The number of unbranched alkanes of at least 4 members (excludes halogenated alkanes) is 1. The molecule has 7 heteroatoms. The average Bonchev–Trinajstić information content (AvgIpc) is 3.29. The molecule has 5 rings (SSSR count). The minimum Gasteiger partial charge on any atom is -0.353 e. The van der Waals surface area contributed by atoms with Crippen molar-refractivity contribution in [3.05, 3.63) is 24.3 Å². The number of hydrogen-bond acceptors (Lipinski definition) is 6. The van der Waals surface area contributed by atoms with Crippen LogP contribution in [0.2, 0.25) is 0 Å². The summed E-state index contributed by atoms with van der Waals surface area (Å²) >= 11 is 1.58. The Morgan fingerprint density at radius 2 is 1.75 bits per heavy atom. The Balaban J connectivity index is 1.10. The molecule has 2 bridgehead atoms. The van der Waals surface area contributed by atoms with Gasteiger partial charge < -0.3 is 4.90 Å². The normalized spacial score (nSPS) is 28.2. The van der Waals surface area contributed by atoms with Crippen LogP contribution in [0.1, 0.15) is 46.5 Å². The van der Waals surface area contributed by atoms with Crippen LogP contribution >= 0.6 is 11.5 Å².